The number of aromatic nitrogens is 3. The molecule has 2 aromatic heterocycles. The van der Waals surface area contributed by atoms with Crippen molar-refractivity contribution < 1.29 is 9.53 Å². The van der Waals surface area contributed by atoms with E-state index in [0.717, 1.165) is 66.2 Å². The minimum atomic E-state index is 0.0940. The van der Waals surface area contributed by atoms with Crippen LogP contribution in [0.2, 0.25) is 0 Å². The fraction of sp³-hybridized carbons (Fsp3) is 0.560. The van der Waals surface area contributed by atoms with Gasteiger partial charge in [0.1, 0.15) is 0 Å². The van der Waals surface area contributed by atoms with E-state index in [9.17, 15) is 4.79 Å². The van der Waals surface area contributed by atoms with Crippen LogP contribution in [0.15, 0.2) is 24.3 Å². The summed E-state index contributed by atoms with van der Waals surface area (Å²) in [5.41, 5.74) is 4.96. The van der Waals surface area contributed by atoms with Crippen molar-refractivity contribution in [2.24, 2.45) is 5.92 Å². The van der Waals surface area contributed by atoms with Crippen molar-refractivity contribution >= 4 is 22.5 Å². The molecule has 3 heterocycles. The second kappa shape index (κ2) is 9.96. The van der Waals surface area contributed by atoms with Crippen LogP contribution in [0.25, 0.3) is 16.6 Å². The Morgan fingerprint density at radius 1 is 1.19 bits per heavy atom. The number of amides is 1. The molecule has 0 aliphatic carbocycles. The number of nitrogens with zero attached hydrogens (tertiary/aromatic N) is 4. The molecule has 1 unspecified atom stereocenters. The number of aryl methyl sites for hydroxylation is 2. The number of nitrogens with one attached hydrogen (secondary N) is 1. The molecule has 0 saturated carbocycles. The molecule has 1 saturated heterocycles. The van der Waals surface area contributed by atoms with E-state index in [0.29, 0.717) is 31.3 Å². The number of ether oxygens (including phenoxy) is 1. The maximum Gasteiger partial charge on any atom is 0.220 e. The van der Waals surface area contributed by atoms with Crippen molar-refractivity contribution in [3.63, 3.8) is 0 Å². The summed E-state index contributed by atoms with van der Waals surface area (Å²) in [6.07, 6.45) is 2.19. The van der Waals surface area contributed by atoms with Crippen LogP contribution < -0.4 is 5.32 Å². The molecule has 7 nitrogen and oxygen atoms in total. The summed E-state index contributed by atoms with van der Waals surface area (Å²) in [7, 11) is 0. The topological polar surface area (TPSA) is 71.8 Å². The van der Waals surface area contributed by atoms with E-state index in [-0.39, 0.29) is 5.91 Å². The number of morpholine rings is 1. The van der Waals surface area contributed by atoms with Crippen LogP contribution >= 0.6 is 0 Å². The molecule has 172 valence electrons. The maximum absolute atomic E-state index is 12.7. The first-order valence-corrected chi connectivity index (χ1v) is 11.8. The van der Waals surface area contributed by atoms with Crippen LogP contribution in [-0.2, 0) is 16.0 Å². The third kappa shape index (κ3) is 4.94. The van der Waals surface area contributed by atoms with Crippen molar-refractivity contribution in [1.29, 1.82) is 0 Å². The Kier molecular flexibility index (Phi) is 7.06. The third-order valence-electron chi connectivity index (χ3n) is 6.46. The fourth-order valence-corrected chi connectivity index (χ4v) is 4.75. The molecule has 0 radical (unpaired) electrons. The number of fused-ring (bicyclic) bond motifs is 3. The second-order valence-corrected chi connectivity index (χ2v) is 9.25. The number of hydrogen-bond acceptors (Lipinski definition) is 5. The minimum absolute atomic E-state index is 0.0940. The summed E-state index contributed by atoms with van der Waals surface area (Å²) in [5, 5.41) is 8.97. The van der Waals surface area contributed by atoms with Crippen molar-refractivity contribution in [3.05, 3.63) is 41.2 Å². The van der Waals surface area contributed by atoms with Gasteiger partial charge in [-0.2, -0.15) is 5.10 Å². The van der Waals surface area contributed by atoms with Crippen LogP contribution in [-0.4, -0.2) is 64.3 Å². The van der Waals surface area contributed by atoms with E-state index in [2.05, 4.69) is 37.1 Å². The molecule has 0 bridgehead atoms. The maximum atomic E-state index is 12.7. The highest BCUT2D eigenvalue weighted by Gasteiger charge is 2.22. The van der Waals surface area contributed by atoms with Gasteiger partial charge in [0.05, 0.1) is 18.7 Å². The molecule has 32 heavy (non-hydrogen) atoms. The molecule has 1 N–H and O–H groups in total. The van der Waals surface area contributed by atoms with Crippen molar-refractivity contribution in [2.45, 2.75) is 53.0 Å². The summed E-state index contributed by atoms with van der Waals surface area (Å²) in [6.45, 7) is 12.7. The highest BCUT2D eigenvalue weighted by Crippen LogP contribution is 2.23. The number of carbonyl (C=O) groups is 1. The van der Waals surface area contributed by atoms with Gasteiger partial charge in [-0.05, 0) is 50.3 Å². The smallest absolute Gasteiger partial charge is 0.220 e. The van der Waals surface area contributed by atoms with Gasteiger partial charge in [-0.3, -0.25) is 9.69 Å². The van der Waals surface area contributed by atoms with Crippen LogP contribution in [0.1, 0.15) is 43.6 Å². The van der Waals surface area contributed by atoms with Crippen molar-refractivity contribution in [1.82, 2.24) is 24.8 Å². The molecule has 7 heteroatoms. The summed E-state index contributed by atoms with van der Waals surface area (Å²) < 4.78 is 7.42. The third-order valence-corrected chi connectivity index (χ3v) is 6.46. The predicted molar refractivity (Wildman–Crippen MR) is 127 cm³/mol. The van der Waals surface area contributed by atoms with E-state index in [1.54, 1.807) is 0 Å². The molecule has 1 aliphatic rings. The lowest BCUT2D eigenvalue weighted by Gasteiger charge is -2.35. The lowest BCUT2D eigenvalue weighted by Crippen LogP contribution is -2.49. The van der Waals surface area contributed by atoms with Gasteiger partial charge in [-0.25, -0.2) is 9.50 Å². The first kappa shape index (κ1) is 22.7. The second-order valence-electron chi connectivity index (χ2n) is 9.25. The summed E-state index contributed by atoms with van der Waals surface area (Å²) in [5.74, 6) is 0.684. The first-order valence-electron chi connectivity index (χ1n) is 11.8. The predicted octanol–water partition coefficient (Wildman–Crippen LogP) is 3.30. The van der Waals surface area contributed by atoms with Gasteiger partial charge in [-0.1, -0.05) is 26.0 Å². The monoisotopic (exact) mass is 437 g/mol. The van der Waals surface area contributed by atoms with E-state index in [1.165, 1.54) is 0 Å². The van der Waals surface area contributed by atoms with Gasteiger partial charge in [0.2, 0.25) is 5.91 Å². The number of rotatable bonds is 8. The highest BCUT2D eigenvalue weighted by molar-refractivity contribution is 5.92. The van der Waals surface area contributed by atoms with Gasteiger partial charge >= 0.3 is 0 Å². The van der Waals surface area contributed by atoms with Crippen molar-refractivity contribution in [3.8, 4) is 0 Å². The SMILES string of the molecule is Cc1nc2c3ccccc3nn2c(C)c1CCC(=O)NCC(CC(C)C)N1CCOCC1. The molecule has 1 fully saturated rings. The molecular weight excluding hydrogens is 402 g/mol. The van der Waals surface area contributed by atoms with E-state index in [1.807, 2.05) is 29.6 Å². The number of hydrogen-bond donors (Lipinski definition) is 1. The number of benzene rings is 1. The Morgan fingerprint density at radius 2 is 1.94 bits per heavy atom. The Balaban J connectivity index is 1.41. The van der Waals surface area contributed by atoms with Gasteiger partial charge in [0.15, 0.2) is 5.65 Å². The quantitative estimate of drug-likeness (QED) is 0.586. The molecule has 4 rings (SSSR count). The van der Waals surface area contributed by atoms with E-state index in [4.69, 9.17) is 14.8 Å². The molecular formula is C25H35N5O2. The molecule has 1 amide bonds. The largest absolute Gasteiger partial charge is 0.379 e. The van der Waals surface area contributed by atoms with Crippen LogP contribution in [0.4, 0.5) is 0 Å². The molecule has 1 atom stereocenters. The highest BCUT2D eigenvalue weighted by atomic mass is 16.5. The summed E-state index contributed by atoms with van der Waals surface area (Å²) in [6, 6.07) is 8.43. The normalized spacial score (nSPS) is 16.2. The van der Waals surface area contributed by atoms with Gasteiger partial charge in [0, 0.05) is 48.9 Å². The Hall–Kier alpha value is -2.51. The number of carbonyl (C=O) groups excluding carboxylic acids is 1. The summed E-state index contributed by atoms with van der Waals surface area (Å²) in [4.78, 5) is 20.0. The fourth-order valence-electron chi connectivity index (χ4n) is 4.75. The summed E-state index contributed by atoms with van der Waals surface area (Å²) >= 11 is 0. The van der Waals surface area contributed by atoms with Crippen LogP contribution in [0, 0.1) is 19.8 Å². The lowest BCUT2D eigenvalue weighted by atomic mass is 10.0. The van der Waals surface area contributed by atoms with Gasteiger partial charge in [0.25, 0.3) is 0 Å². The zero-order valence-electron chi connectivity index (χ0n) is 19.7. The molecule has 1 aliphatic heterocycles. The Morgan fingerprint density at radius 3 is 2.69 bits per heavy atom. The minimum Gasteiger partial charge on any atom is -0.379 e. The molecule has 0 spiro atoms. The standard InChI is InChI=1S/C25H35N5O2/c1-17(2)15-20(29-11-13-32-14-12-29)16-26-24(31)10-9-21-18(3)27-25-22-7-5-6-8-23(22)28-30(25)19(21)4/h5-8,17,20H,9-16H2,1-4H3,(H,26,31). The average Bonchev–Trinajstić information content (AvgIpc) is 3.15. The van der Waals surface area contributed by atoms with Crippen molar-refractivity contribution in [2.75, 3.05) is 32.8 Å². The molecule has 1 aromatic carbocycles. The van der Waals surface area contributed by atoms with Gasteiger partial charge in [-0.15, -0.1) is 0 Å². The molecule has 3 aromatic rings. The first-order chi connectivity index (χ1) is 15.4. The van der Waals surface area contributed by atoms with E-state index >= 15 is 0 Å². The van der Waals surface area contributed by atoms with Gasteiger partial charge < -0.3 is 10.1 Å². The zero-order valence-corrected chi connectivity index (χ0v) is 19.7. The Bertz CT molecular complexity index is 1080. The van der Waals surface area contributed by atoms with Crippen LogP contribution in [0.5, 0.6) is 0 Å². The average molecular weight is 438 g/mol. The lowest BCUT2D eigenvalue weighted by molar-refractivity contribution is -0.121. The Labute approximate surface area is 190 Å². The van der Waals surface area contributed by atoms with E-state index < -0.39 is 0 Å². The van der Waals surface area contributed by atoms with Crippen LogP contribution in [0.3, 0.4) is 0 Å². The zero-order chi connectivity index (χ0) is 22.7.